The number of carbonyl (C=O) groups is 1. The van der Waals surface area contributed by atoms with Crippen molar-refractivity contribution in [3.05, 3.63) is 117 Å². The molecule has 0 atom stereocenters. The highest BCUT2D eigenvalue weighted by Gasteiger charge is 2.26. The molecule has 1 amide bonds. The number of benzene rings is 3. The molecule has 0 spiro atoms. The van der Waals surface area contributed by atoms with E-state index in [4.69, 9.17) is 0 Å². The Morgan fingerprint density at radius 3 is 2.25 bits per heavy atom. The zero-order valence-corrected chi connectivity index (χ0v) is 25.5. The molecule has 0 aliphatic rings. The number of rotatable bonds is 10. The van der Waals surface area contributed by atoms with Crippen molar-refractivity contribution in [2.45, 2.75) is 39.0 Å². The standard InChI is InChI=1S/C31H33BrN4O3S/c1-22-9-8-10-23(2)31(22)36-24(3)19-27(25(36)4)20-33-34-30(37)21-35(18-17-26-11-6-5-7-12-26)40(38,39)29-15-13-28(32)14-16-29/h5-16,19-20H,17-18,21H2,1-4H3,(H,34,37)/b33-20+. The molecule has 7 nitrogen and oxygen atoms in total. The van der Waals surface area contributed by atoms with Gasteiger partial charge in [-0.25, -0.2) is 13.8 Å². The number of carbonyl (C=O) groups excluding carboxylic acids is 1. The fourth-order valence-corrected chi connectivity index (χ4v) is 6.39. The van der Waals surface area contributed by atoms with Crippen LogP contribution >= 0.6 is 15.9 Å². The fourth-order valence-electron chi connectivity index (χ4n) is 4.73. The highest BCUT2D eigenvalue weighted by molar-refractivity contribution is 9.10. The van der Waals surface area contributed by atoms with E-state index in [2.05, 4.69) is 57.0 Å². The Balaban J connectivity index is 1.51. The maximum atomic E-state index is 13.5. The van der Waals surface area contributed by atoms with Crippen molar-refractivity contribution < 1.29 is 13.2 Å². The molecule has 0 bridgehead atoms. The second kappa shape index (κ2) is 12.8. The Hall–Kier alpha value is -3.53. The van der Waals surface area contributed by atoms with Gasteiger partial charge in [0, 0.05) is 28.0 Å². The van der Waals surface area contributed by atoms with Gasteiger partial charge < -0.3 is 4.57 Å². The van der Waals surface area contributed by atoms with Crippen LogP contribution < -0.4 is 5.43 Å². The number of nitrogens with one attached hydrogen (secondary N) is 1. The van der Waals surface area contributed by atoms with Crippen LogP contribution in [0.15, 0.2) is 93.3 Å². The number of sulfonamides is 1. The predicted octanol–water partition coefficient (Wildman–Crippen LogP) is 5.86. The molecule has 1 N–H and O–H groups in total. The van der Waals surface area contributed by atoms with Gasteiger partial charge in [-0.3, -0.25) is 4.79 Å². The summed E-state index contributed by atoms with van der Waals surface area (Å²) >= 11 is 3.34. The average Bonchev–Trinajstić information content (AvgIpc) is 3.19. The van der Waals surface area contributed by atoms with E-state index in [1.54, 1.807) is 18.3 Å². The Kier molecular flexibility index (Phi) is 9.40. The van der Waals surface area contributed by atoms with Gasteiger partial charge in [0.25, 0.3) is 5.91 Å². The maximum absolute atomic E-state index is 13.5. The van der Waals surface area contributed by atoms with Gasteiger partial charge in [-0.1, -0.05) is 64.5 Å². The number of hydrogen-bond acceptors (Lipinski definition) is 4. The van der Waals surface area contributed by atoms with E-state index >= 15 is 0 Å². The first-order valence-electron chi connectivity index (χ1n) is 12.9. The zero-order valence-electron chi connectivity index (χ0n) is 23.1. The van der Waals surface area contributed by atoms with Gasteiger partial charge in [0.05, 0.1) is 23.3 Å². The second-order valence-corrected chi connectivity index (χ2v) is 12.6. The summed E-state index contributed by atoms with van der Waals surface area (Å²) in [6.45, 7) is 8.01. The number of aryl methyl sites for hydroxylation is 3. The summed E-state index contributed by atoms with van der Waals surface area (Å²) in [4.78, 5) is 13.0. The van der Waals surface area contributed by atoms with E-state index in [0.717, 1.165) is 32.7 Å². The van der Waals surface area contributed by atoms with Gasteiger partial charge in [0.1, 0.15) is 0 Å². The van der Waals surface area contributed by atoms with Crippen molar-refractivity contribution in [2.75, 3.05) is 13.1 Å². The van der Waals surface area contributed by atoms with Crippen LogP contribution in [0.2, 0.25) is 0 Å². The lowest BCUT2D eigenvalue weighted by atomic mass is 10.1. The summed E-state index contributed by atoms with van der Waals surface area (Å²) in [5.74, 6) is -0.520. The summed E-state index contributed by atoms with van der Waals surface area (Å²) < 4.78 is 31.1. The van der Waals surface area contributed by atoms with Crippen LogP contribution in [0.3, 0.4) is 0 Å². The van der Waals surface area contributed by atoms with E-state index in [9.17, 15) is 13.2 Å². The van der Waals surface area contributed by atoms with E-state index in [0.29, 0.717) is 6.42 Å². The minimum Gasteiger partial charge on any atom is -0.317 e. The predicted molar refractivity (Wildman–Crippen MR) is 164 cm³/mol. The quantitative estimate of drug-likeness (QED) is 0.178. The monoisotopic (exact) mass is 620 g/mol. The molecule has 0 radical (unpaired) electrons. The van der Waals surface area contributed by atoms with E-state index in [-0.39, 0.29) is 18.0 Å². The molecule has 1 aromatic heterocycles. The van der Waals surface area contributed by atoms with Crippen LogP contribution in [0.4, 0.5) is 0 Å². The Labute approximate surface area is 244 Å². The van der Waals surface area contributed by atoms with Gasteiger partial charge in [0.2, 0.25) is 10.0 Å². The van der Waals surface area contributed by atoms with Crippen LogP contribution in [0, 0.1) is 27.7 Å². The van der Waals surface area contributed by atoms with Crippen molar-refractivity contribution in [3.63, 3.8) is 0 Å². The number of aromatic nitrogens is 1. The third-order valence-corrected chi connectivity index (χ3v) is 9.18. The number of hydrazone groups is 1. The lowest BCUT2D eigenvalue weighted by Crippen LogP contribution is -2.40. The molecule has 40 heavy (non-hydrogen) atoms. The minimum atomic E-state index is -3.91. The number of hydrogen-bond donors (Lipinski definition) is 1. The average molecular weight is 622 g/mol. The Morgan fingerprint density at radius 1 is 0.950 bits per heavy atom. The van der Waals surface area contributed by atoms with Gasteiger partial charge in [-0.05, 0) is 81.1 Å². The van der Waals surface area contributed by atoms with Crippen LogP contribution in [-0.4, -0.2) is 42.5 Å². The fraction of sp³-hybridized carbons (Fsp3) is 0.226. The molecule has 9 heteroatoms. The summed E-state index contributed by atoms with van der Waals surface area (Å²) in [7, 11) is -3.91. The topological polar surface area (TPSA) is 83.8 Å². The normalized spacial score (nSPS) is 11.8. The summed E-state index contributed by atoms with van der Waals surface area (Å²) in [5, 5.41) is 4.17. The van der Waals surface area contributed by atoms with Crippen molar-refractivity contribution in [3.8, 4) is 5.69 Å². The van der Waals surface area contributed by atoms with Crippen molar-refractivity contribution >= 4 is 38.1 Å². The molecule has 208 valence electrons. The van der Waals surface area contributed by atoms with Crippen molar-refractivity contribution in [1.29, 1.82) is 0 Å². The first-order valence-corrected chi connectivity index (χ1v) is 15.2. The van der Waals surface area contributed by atoms with Crippen molar-refractivity contribution in [1.82, 2.24) is 14.3 Å². The number of nitrogens with zero attached hydrogens (tertiary/aromatic N) is 3. The summed E-state index contributed by atoms with van der Waals surface area (Å²) in [6.07, 6.45) is 2.07. The minimum absolute atomic E-state index is 0.124. The lowest BCUT2D eigenvalue weighted by molar-refractivity contribution is -0.121. The number of halogens is 1. The smallest absolute Gasteiger partial charge is 0.255 e. The third kappa shape index (κ3) is 6.78. The SMILES string of the molecule is Cc1cccc(C)c1-n1c(C)cc(/C=N/NC(=O)CN(CCc2ccccc2)S(=O)(=O)c2ccc(Br)cc2)c1C. The molecule has 0 saturated heterocycles. The molecular weight excluding hydrogens is 588 g/mol. The zero-order chi connectivity index (χ0) is 28.9. The third-order valence-electron chi connectivity index (χ3n) is 6.79. The van der Waals surface area contributed by atoms with Crippen LogP contribution in [0.1, 0.15) is 33.6 Å². The number of para-hydroxylation sites is 1. The highest BCUT2D eigenvalue weighted by Crippen LogP contribution is 2.25. The summed E-state index contributed by atoms with van der Waals surface area (Å²) in [5.41, 5.74) is 9.88. The molecule has 0 aliphatic carbocycles. The van der Waals surface area contributed by atoms with E-state index in [1.807, 2.05) is 56.3 Å². The molecule has 4 aromatic rings. The first kappa shape index (κ1) is 29.5. The molecule has 1 heterocycles. The molecular formula is C31H33BrN4O3S. The largest absolute Gasteiger partial charge is 0.317 e. The molecule has 0 saturated carbocycles. The molecule has 3 aromatic carbocycles. The van der Waals surface area contributed by atoms with Gasteiger partial charge in [-0.2, -0.15) is 9.41 Å². The molecule has 4 rings (SSSR count). The summed E-state index contributed by atoms with van der Waals surface area (Å²) in [6, 6.07) is 24.2. The van der Waals surface area contributed by atoms with Crippen LogP contribution in [0.5, 0.6) is 0 Å². The second-order valence-electron chi connectivity index (χ2n) is 9.72. The van der Waals surface area contributed by atoms with Gasteiger partial charge >= 0.3 is 0 Å². The lowest BCUT2D eigenvalue weighted by Gasteiger charge is -2.21. The first-order chi connectivity index (χ1) is 19.1. The Morgan fingerprint density at radius 2 is 1.60 bits per heavy atom. The highest BCUT2D eigenvalue weighted by atomic mass is 79.9. The van der Waals surface area contributed by atoms with Gasteiger partial charge in [0.15, 0.2) is 0 Å². The van der Waals surface area contributed by atoms with E-state index < -0.39 is 15.9 Å². The molecule has 0 unspecified atom stereocenters. The number of amides is 1. The van der Waals surface area contributed by atoms with Crippen LogP contribution in [0.25, 0.3) is 5.69 Å². The van der Waals surface area contributed by atoms with Crippen molar-refractivity contribution in [2.24, 2.45) is 5.10 Å². The molecule has 0 aliphatic heterocycles. The molecule has 0 fully saturated rings. The maximum Gasteiger partial charge on any atom is 0.255 e. The Bertz CT molecular complexity index is 1610. The van der Waals surface area contributed by atoms with Crippen LogP contribution in [-0.2, 0) is 21.2 Å². The van der Waals surface area contributed by atoms with E-state index in [1.165, 1.54) is 27.6 Å². The van der Waals surface area contributed by atoms with Gasteiger partial charge in [-0.15, -0.1) is 0 Å².